The first-order chi connectivity index (χ1) is 17.6. The lowest BCUT2D eigenvalue weighted by molar-refractivity contribution is -0.384. The SMILES string of the molecule is COc1ccc([N+](=O)[O-])cc1CSc1nnc(COc2cccc3ccccc23)n1-c1ccccc1. The lowest BCUT2D eigenvalue weighted by Gasteiger charge is -2.13. The van der Waals surface area contributed by atoms with Crippen molar-refractivity contribution in [3.8, 4) is 17.2 Å². The fourth-order valence-electron chi connectivity index (χ4n) is 3.92. The molecule has 0 fully saturated rings. The Bertz CT molecular complexity index is 1520. The molecule has 0 spiro atoms. The first kappa shape index (κ1) is 23.4. The molecule has 0 unspecified atom stereocenters. The van der Waals surface area contributed by atoms with Gasteiger partial charge in [0.25, 0.3) is 5.69 Å². The number of ether oxygens (including phenoxy) is 2. The summed E-state index contributed by atoms with van der Waals surface area (Å²) in [7, 11) is 1.55. The fourth-order valence-corrected chi connectivity index (χ4v) is 4.87. The number of thioether (sulfide) groups is 1. The summed E-state index contributed by atoms with van der Waals surface area (Å²) in [5.41, 5.74) is 1.61. The highest BCUT2D eigenvalue weighted by atomic mass is 32.2. The summed E-state index contributed by atoms with van der Waals surface area (Å²) < 4.78 is 13.6. The van der Waals surface area contributed by atoms with Gasteiger partial charge in [-0.3, -0.25) is 14.7 Å². The van der Waals surface area contributed by atoms with Crippen molar-refractivity contribution in [3.05, 3.63) is 112 Å². The number of rotatable bonds is 9. The number of hydrogen-bond acceptors (Lipinski definition) is 7. The third-order valence-electron chi connectivity index (χ3n) is 5.65. The summed E-state index contributed by atoms with van der Waals surface area (Å²) in [6, 6.07) is 28.4. The Morgan fingerprint density at radius 3 is 2.50 bits per heavy atom. The van der Waals surface area contributed by atoms with Crippen molar-refractivity contribution in [1.29, 1.82) is 0 Å². The Morgan fingerprint density at radius 1 is 0.917 bits per heavy atom. The third kappa shape index (κ3) is 4.87. The zero-order chi connectivity index (χ0) is 24.9. The van der Waals surface area contributed by atoms with Gasteiger partial charge >= 0.3 is 0 Å². The highest BCUT2D eigenvalue weighted by Crippen LogP contribution is 2.32. The first-order valence-corrected chi connectivity index (χ1v) is 12.2. The van der Waals surface area contributed by atoms with E-state index >= 15 is 0 Å². The molecule has 1 heterocycles. The number of nitrogens with zero attached hydrogens (tertiary/aromatic N) is 4. The predicted molar refractivity (Wildman–Crippen MR) is 139 cm³/mol. The minimum atomic E-state index is -0.414. The van der Waals surface area contributed by atoms with Crippen LogP contribution in [-0.2, 0) is 12.4 Å². The molecule has 9 heteroatoms. The average molecular weight is 499 g/mol. The zero-order valence-electron chi connectivity index (χ0n) is 19.4. The number of nitro groups is 1. The lowest BCUT2D eigenvalue weighted by Crippen LogP contribution is -2.07. The standard InChI is InChI=1S/C27H22N4O4S/c1-34-24-15-14-22(31(32)33)16-20(24)18-36-27-29-28-26(30(27)21-10-3-2-4-11-21)17-35-25-13-7-9-19-8-5-6-12-23(19)25/h2-16H,17-18H2,1H3. The molecule has 36 heavy (non-hydrogen) atoms. The second kappa shape index (κ2) is 10.5. The third-order valence-corrected chi connectivity index (χ3v) is 6.63. The Kier molecular flexibility index (Phi) is 6.81. The number of non-ortho nitro benzene ring substituents is 1. The zero-order valence-corrected chi connectivity index (χ0v) is 20.2. The topological polar surface area (TPSA) is 92.3 Å². The van der Waals surface area contributed by atoms with E-state index in [0.717, 1.165) is 22.2 Å². The van der Waals surface area contributed by atoms with Crippen LogP contribution in [0.5, 0.6) is 11.5 Å². The minimum Gasteiger partial charge on any atom is -0.496 e. The van der Waals surface area contributed by atoms with Crippen LogP contribution >= 0.6 is 11.8 Å². The van der Waals surface area contributed by atoms with Gasteiger partial charge in [-0.25, -0.2) is 0 Å². The molecule has 5 rings (SSSR count). The molecule has 0 bridgehead atoms. The van der Waals surface area contributed by atoms with Gasteiger partial charge in [-0.2, -0.15) is 0 Å². The van der Waals surface area contributed by atoms with E-state index in [1.54, 1.807) is 13.2 Å². The van der Waals surface area contributed by atoms with Crippen LogP contribution in [0.1, 0.15) is 11.4 Å². The average Bonchev–Trinajstić information content (AvgIpc) is 3.33. The summed E-state index contributed by atoms with van der Waals surface area (Å²) in [4.78, 5) is 10.8. The molecule has 0 atom stereocenters. The van der Waals surface area contributed by atoms with E-state index in [1.807, 2.05) is 77.4 Å². The second-order valence-electron chi connectivity index (χ2n) is 7.88. The van der Waals surface area contributed by atoms with E-state index < -0.39 is 4.92 Å². The Labute approximate surface area is 211 Å². The molecular weight excluding hydrogens is 476 g/mol. The molecular formula is C27H22N4O4S. The molecule has 0 saturated heterocycles. The quantitative estimate of drug-likeness (QED) is 0.136. The van der Waals surface area contributed by atoms with Crippen LogP contribution in [0, 0.1) is 10.1 Å². The molecule has 8 nitrogen and oxygen atoms in total. The van der Waals surface area contributed by atoms with E-state index in [2.05, 4.69) is 10.2 Å². The maximum atomic E-state index is 11.3. The van der Waals surface area contributed by atoms with Crippen LogP contribution < -0.4 is 9.47 Å². The van der Waals surface area contributed by atoms with Crippen LogP contribution in [0.3, 0.4) is 0 Å². The van der Waals surface area contributed by atoms with Gasteiger partial charge in [0.2, 0.25) is 0 Å². The number of aromatic nitrogens is 3. The van der Waals surface area contributed by atoms with E-state index in [4.69, 9.17) is 9.47 Å². The monoisotopic (exact) mass is 498 g/mol. The van der Waals surface area contributed by atoms with E-state index in [1.165, 1.54) is 23.9 Å². The van der Waals surface area contributed by atoms with Crippen molar-refractivity contribution in [2.75, 3.05) is 7.11 Å². The van der Waals surface area contributed by atoms with Gasteiger partial charge in [0.1, 0.15) is 18.1 Å². The first-order valence-electron chi connectivity index (χ1n) is 11.2. The van der Waals surface area contributed by atoms with Gasteiger partial charge < -0.3 is 9.47 Å². The van der Waals surface area contributed by atoms with Gasteiger partial charge in [0.15, 0.2) is 11.0 Å². The van der Waals surface area contributed by atoms with E-state index in [0.29, 0.717) is 28.0 Å². The van der Waals surface area contributed by atoms with Crippen molar-refractivity contribution in [2.24, 2.45) is 0 Å². The van der Waals surface area contributed by atoms with E-state index in [-0.39, 0.29) is 12.3 Å². The van der Waals surface area contributed by atoms with Crippen molar-refractivity contribution in [2.45, 2.75) is 17.5 Å². The highest BCUT2D eigenvalue weighted by Gasteiger charge is 2.18. The Balaban J connectivity index is 1.44. The van der Waals surface area contributed by atoms with Crippen LogP contribution in [0.15, 0.2) is 96.2 Å². The maximum absolute atomic E-state index is 11.3. The molecule has 0 N–H and O–H groups in total. The van der Waals surface area contributed by atoms with Gasteiger partial charge in [0.05, 0.1) is 12.0 Å². The molecule has 0 saturated carbocycles. The number of fused-ring (bicyclic) bond motifs is 1. The molecule has 0 aliphatic heterocycles. The van der Waals surface area contributed by atoms with Gasteiger partial charge in [-0.05, 0) is 29.7 Å². The second-order valence-corrected chi connectivity index (χ2v) is 8.82. The molecule has 4 aromatic carbocycles. The van der Waals surface area contributed by atoms with Crippen molar-refractivity contribution in [3.63, 3.8) is 0 Å². The van der Waals surface area contributed by atoms with Gasteiger partial charge in [0, 0.05) is 34.5 Å². The molecule has 0 aliphatic carbocycles. The Hall–Kier alpha value is -4.37. The van der Waals surface area contributed by atoms with Crippen LogP contribution in [0.2, 0.25) is 0 Å². The van der Waals surface area contributed by atoms with Crippen molar-refractivity contribution in [1.82, 2.24) is 14.8 Å². The van der Waals surface area contributed by atoms with Crippen molar-refractivity contribution < 1.29 is 14.4 Å². The molecule has 1 aromatic heterocycles. The summed E-state index contributed by atoms with van der Waals surface area (Å²) in [5, 5.41) is 22.9. The minimum absolute atomic E-state index is 0.0140. The number of benzene rings is 4. The Morgan fingerprint density at radius 2 is 1.69 bits per heavy atom. The highest BCUT2D eigenvalue weighted by molar-refractivity contribution is 7.98. The number of methoxy groups -OCH3 is 1. The van der Waals surface area contributed by atoms with Crippen molar-refractivity contribution >= 4 is 28.2 Å². The van der Waals surface area contributed by atoms with Gasteiger partial charge in [-0.1, -0.05) is 66.4 Å². The van der Waals surface area contributed by atoms with Crippen LogP contribution in [0.25, 0.3) is 16.5 Å². The molecule has 0 aliphatic rings. The molecule has 180 valence electrons. The smallest absolute Gasteiger partial charge is 0.270 e. The normalized spacial score (nSPS) is 10.9. The van der Waals surface area contributed by atoms with Crippen LogP contribution in [0.4, 0.5) is 5.69 Å². The fraction of sp³-hybridized carbons (Fsp3) is 0.111. The lowest BCUT2D eigenvalue weighted by atomic mass is 10.1. The maximum Gasteiger partial charge on any atom is 0.270 e. The van der Waals surface area contributed by atoms with Crippen LogP contribution in [-0.4, -0.2) is 26.8 Å². The number of para-hydroxylation sites is 1. The predicted octanol–water partition coefficient (Wildman–Crippen LogP) is 6.21. The van der Waals surface area contributed by atoms with Gasteiger partial charge in [-0.15, -0.1) is 10.2 Å². The largest absolute Gasteiger partial charge is 0.496 e. The molecule has 0 radical (unpaired) electrons. The summed E-state index contributed by atoms with van der Waals surface area (Å²) in [6.07, 6.45) is 0. The summed E-state index contributed by atoms with van der Waals surface area (Å²) in [6.45, 7) is 0.219. The summed E-state index contributed by atoms with van der Waals surface area (Å²) >= 11 is 1.42. The number of nitro benzene ring substituents is 1. The molecule has 5 aromatic rings. The number of hydrogen-bond donors (Lipinski definition) is 0. The molecule has 0 amide bonds. The van der Waals surface area contributed by atoms with E-state index in [9.17, 15) is 10.1 Å². The summed E-state index contributed by atoms with van der Waals surface area (Å²) in [5.74, 6) is 2.41.